The van der Waals surface area contributed by atoms with Crippen LogP contribution in [-0.4, -0.2) is 11.8 Å². The smallest absolute Gasteiger partial charge is 0.257 e. The predicted molar refractivity (Wildman–Crippen MR) is 114 cm³/mol. The summed E-state index contributed by atoms with van der Waals surface area (Å²) in [6, 6.07) is 19.8. The molecule has 4 nitrogen and oxygen atoms in total. The first-order valence-corrected chi connectivity index (χ1v) is 9.33. The van der Waals surface area contributed by atoms with E-state index in [1.54, 1.807) is 48.5 Å². The Morgan fingerprint density at radius 2 is 1.50 bits per heavy atom. The maximum Gasteiger partial charge on any atom is 0.257 e. The van der Waals surface area contributed by atoms with Gasteiger partial charge in [0.05, 0.1) is 17.7 Å². The number of aryl methyl sites for hydroxylation is 1. The Morgan fingerprint density at radius 1 is 0.821 bits per heavy atom. The summed E-state index contributed by atoms with van der Waals surface area (Å²) in [5, 5.41) is 6.39. The molecule has 3 rings (SSSR count). The first-order valence-electron chi connectivity index (χ1n) is 8.95. The molecule has 0 saturated carbocycles. The van der Waals surface area contributed by atoms with Gasteiger partial charge in [0.15, 0.2) is 0 Å². The van der Waals surface area contributed by atoms with Crippen molar-refractivity contribution in [3.8, 4) is 0 Å². The molecule has 0 aliphatic heterocycles. The van der Waals surface area contributed by atoms with Crippen LogP contribution in [0.5, 0.6) is 0 Å². The molecule has 5 heteroatoms. The zero-order chi connectivity index (χ0) is 20.1. The minimum Gasteiger partial charge on any atom is -0.325 e. The van der Waals surface area contributed by atoms with Crippen molar-refractivity contribution < 1.29 is 9.59 Å². The van der Waals surface area contributed by atoms with Crippen molar-refractivity contribution in [2.24, 2.45) is 0 Å². The Morgan fingerprint density at radius 3 is 2.25 bits per heavy atom. The van der Waals surface area contributed by atoms with Crippen molar-refractivity contribution in [3.63, 3.8) is 0 Å². The first kappa shape index (κ1) is 19.6. The molecule has 0 aliphatic carbocycles. The van der Waals surface area contributed by atoms with E-state index < -0.39 is 0 Å². The lowest BCUT2D eigenvalue weighted by molar-refractivity contribution is -0.115. The summed E-state index contributed by atoms with van der Waals surface area (Å²) >= 11 is 5.88. The molecule has 2 N–H and O–H groups in total. The van der Waals surface area contributed by atoms with E-state index >= 15 is 0 Å². The molecular formula is C23H21ClN2O2. The summed E-state index contributed by atoms with van der Waals surface area (Å²) in [7, 11) is 0. The molecule has 0 radical (unpaired) electrons. The highest BCUT2D eigenvalue weighted by atomic mass is 35.5. The van der Waals surface area contributed by atoms with Gasteiger partial charge in [-0.05, 0) is 60.9 Å². The number of carbonyl (C=O) groups is 2. The number of halogens is 1. The molecule has 2 amide bonds. The van der Waals surface area contributed by atoms with Gasteiger partial charge in [-0.3, -0.25) is 9.59 Å². The number of carbonyl (C=O) groups excluding carboxylic acids is 2. The highest BCUT2D eigenvalue weighted by Gasteiger charge is 2.14. The van der Waals surface area contributed by atoms with E-state index in [-0.39, 0.29) is 18.2 Å². The molecule has 0 saturated heterocycles. The fourth-order valence-electron chi connectivity index (χ4n) is 2.85. The number of rotatable bonds is 5. The third kappa shape index (κ3) is 4.78. The highest BCUT2D eigenvalue weighted by molar-refractivity contribution is 6.30. The highest BCUT2D eigenvalue weighted by Crippen LogP contribution is 2.22. The molecule has 0 unspecified atom stereocenters. The maximum atomic E-state index is 12.8. The molecule has 3 aromatic rings. The predicted octanol–water partition coefficient (Wildman–Crippen LogP) is 5.39. The van der Waals surface area contributed by atoms with E-state index in [0.29, 0.717) is 16.3 Å². The van der Waals surface area contributed by atoms with Gasteiger partial charge in [-0.1, -0.05) is 48.0 Å². The minimum absolute atomic E-state index is 0.199. The lowest BCUT2D eigenvalue weighted by atomic mass is 10.1. The van der Waals surface area contributed by atoms with Gasteiger partial charge < -0.3 is 10.6 Å². The van der Waals surface area contributed by atoms with E-state index in [1.165, 1.54) is 0 Å². The molecule has 0 bridgehead atoms. The van der Waals surface area contributed by atoms with E-state index in [1.807, 2.05) is 32.0 Å². The zero-order valence-corrected chi connectivity index (χ0v) is 16.5. The topological polar surface area (TPSA) is 58.2 Å². The quantitative estimate of drug-likeness (QED) is 0.611. The van der Waals surface area contributed by atoms with E-state index in [0.717, 1.165) is 22.4 Å². The summed E-state index contributed by atoms with van der Waals surface area (Å²) in [4.78, 5) is 25.2. The summed E-state index contributed by atoms with van der Waals surface area (Å²) in [5.41, 5.74) is 4.60. The zero-order valence-electron chi connectivity index (χ0n) is 15.8. The van der Waals surface area contributed by atoms with Crippen LogP contribution in [0.15, 0.2) is 66.7 Å². The number of hydrogen-bond donors (Lipinski definition) is 2. The van der Waals surface area contributed by atoms with Crippen LogP contribution in [0.4, 0.5) is 11.4 Å². The van der Waals surface area contributed by atoms with Gasteiger partial charge in [0.2, 0.25) is 5.91 Å². The lowest BCUT2D eigenvalue weighted by Gasteiger charge is -2.13. The number of hydrogen-bond acceptors (Lipinski definition) is 2. The molecular weight excluding hydrogens is 372 g/mol. The Hall–Kier alpha value is -3.11. The van der Waals surface area contributed by atoms with Crippen LogP contribution in [0, 0.1) is 13.8 Å². The van der Waals surface area contributed by atoms with Crippen molar-refractivity contribution in [3.05, 3.63) is 94.0 Å². The third-order valence-corrected chi connectivity index (χ3v) is 4.83. The van der Waals surface area contributed by atoms with Gasteiger partial charge in [-0.15, -0.1) is 0 Å². The average Bonchev–Trinajstić information content (AvgIpc) is 2.67. The number of anilines is 2. The number of amides is 2. The standard InChI is InChI=1S/C23H21ClN2O2/c1-15-6-5-9-20(16(15)2)26-23(28)19-7-3-4-8-21(19)25-22(27)14-17-10-12-18(24)13-11-17/h3-13H,14H2,1-2H3,(H,25,27)(H,26,28). The third-order valence-electron chi connectivity index (χ3n) is 4.58. The van der Waals surface area contributed by atoms with Crippen LogP contribution >= 0.6 is 11.6 Å². The average molecular weight is 393 g/mol. The molecule has 3 aromatic carbocycles. The van der Waals surface area contributed by atoms with Gasteiger partial charge in [-0.2, -0.15) is 0 Å². The van der Waals surface area contributed by atoms with Crippen molar-refractivity contribution in [2.75, 3.05) is 10.6 Å². The van der Waals surface area contributed by atoms with Gasteiger partial charge >= 0.3 is 0 Å². The lowest BCUT2D eigenvalue weighted by Crippen LogP contribution is -2.19. The summed E-state index contributed by atoms with van der Waals surface area (Å²) < 4.78 is 0. The molecule has 0 spiro atoms. The molecule has 0 aromatic heterocycles. The first-order chi connectivity index (χ1) is 13.4. The molecule has 0 heterocycles. The Bertz CT molecular complexity index is 1010. The fraction of sp³-hybridized carbons (Fsp3) is 0.130. The number of para-hydroxylation sites is 1. The van der Waals surface area contributed by atoms with Gasteiger partial charge in [0, 0.05) is 10.7 Å². The molecule has 28 heavy (non-hydrogen) atoms. The van der Waals surface area contributed by atoms with Crippen LogP contribution in [0.2, 0.25) is 5.02 Å². The summed E-state index contributed by atoms with van der Waals surface area (Å²) in [5.74, 6) is -0.467. The van der Waals surface area contributed by atoms with Crippen LogP contribution in [-0.2, 0) is 11.2 Å². The maximum absolute atomic E-state index is 12.8. The Kier molecular flexibility index (Phi) is 6.12. The van der Waals surface area contributed by atoms with Crippen LogP contribution in [0.3, 0.4) is 0 Å². The molecule has 0 aliphatic rings. The fourth-order valence-corrected chi connectivity index (χ4v) is 2.97. The molecule has 0 fully saturated rings. The van der Waals surface area contributed by atoms with Crippen LogP contribution in [0.1, 0.15) is 27.0 Å². The van der Waals surface area contributed by atoms with Crippen molar-refractivity contribution in [2.45, 2.75) is 20.3 Å². The second-order valence-corrected chi connectivity index (χ2v) is 7.04. The van der Waals surface area contributed by atoms with Crippen molar-refractivity contribution in [1.82, 2.24) is 0 Å². The van der Waals surface area contributed by atoms with Gasteiger partial charge in [0.1, 0.15) is 0 Å². The van der Waals surface area contributed by atoms with E-state index in [9.17, 15) is 9.59 Å². The number of nitrogens with one attached hydrogen (secondary N) is 2. The van der Waals surface area contributed by atoms with Crippen LogP contribution < -0.4 is 10.6 Å². The van der Waals surface area contributed by atoms with E-state index in [4.69, 9.17) is 11.6 Å². The Balaban J connectivity index is 1.75. The van der Waals surface area contributed by atoms with Gasteiger partial charge in [-0.25, -0.2) is 0 Å². The minimum atomic E-state index is -0.268. The molecule has 0 atom stereocenters. The summed E-state index contributed by atoms with van der Waals surface area (Å²) in [6.07, 6.45) is 0.199. The second kappa shape index (κ2) is 8.72. The largest absolute Gasteiger partial charge is 0.325 e. The summed E-state index contributed by atoms with van der Waals surface area (Å²) in [6.45, 7) is 3.96. The van der Waals surface area contributed by atoms with Crippen molar-refractivity contribution in [1.29, 1.82) is 0 Å². The normalized spacial score (nSPS) is 10.4. The van der Waals surface area contributed by atoms with E-state index in [2.05, 4.69) is 10.6 Å². The monoisotopic (exact) mass is 392 g/mol. The Labute approximate surface area is 169 Å². The van der Waals surface area contributed by atoms with Crippen LogP contribution in [0.25, 0.3) is 0 Å². The van der Waals surface area contributed by atoms with Gasteiger partial charge in [0.25, 0.3) is 5.91 Å². The SMILES string of the molecule is Cc1cccc(NC(=O)c2ccccc2NC(=O)Cc2ccc(Cl)cc2)c1C. The van der Waals surface area contributed by atoms with Crippen molar-refractivity contribution >= 4 is 34.8 Å². The molecule has 142 valence electrons. The number of benzene rings is 3. The second-order valence-electron chi connectivity index (χ2n) is 6.60.